The molecule has 0 heterocycles. The Morgan fingerprint density at radius 2 is 2.00 bits per heavy atom. The normalized spacial score (nSPS) is 20.9. The van der Waals surface area contributed by atoms with E-state index in [1.54, 1.807) is 12.1 Å². The second kappa shape index (κ2) is 5.47. The van der Waals surface area contributed by atoms with Crippen LogP contribution >= 0.6 is 0 Å². The first kappa shape index (κ1) is 15.5. The lowest BCUT2D eigenvalue weighted by atomic mass is 10.1. The van der Waals surface area contributed by atoms with E-state index in [-0.39, 0.29) is 5.41 Å². The van der Waals surface area contributed by atoms with Gasteiger partial charge in [-0.3, -0.25) is 0 Å². The molecule has 1 unspecified atom stereocenters. The van der Waals surface area contributed by atoms with Crippen molar-refractivity contribution < 1.29 is 8.42 Å². The maximum atomic E-state index is 12.3. The number of aryl methyl sites for hydroxylation is 1. The van der Waals surface area contributed by atoms with E-state index in [9.17, 15) is 8.42 Å². The Morgan fingerprint density at radius 3 is 2.50 bits per heavy atom. The molecule has 1 saturated carbocycles. The summed E-state index contributed by atoms with van der Waals surface area (Å²) in [5.74, 6) is 0.446. The van der Waals surface area contributed by atoms with Gasteiger partial charge in [-0.2, -0.15) is 0 Å². The Morgan fingerprint density at radius 1 is 1.35 bits per heavy atom. The van der Waals surface area contributed by atoms with E-state index in [2.05, 4.69) is 18.6 Å². The number of nitrogens with one attached hydrogen (secondary N) is 1. The van der Waals surface area contributed by atoms with Gasteiger partial charge >= 0.3 is 0 Å². The monoisotopic (exact) mass is 296 g/mol. The number of hydrogen-bond donors (Lipinski definition) is 2. The predicted octanol–water partition coefficient (Wildman–Crippen LogP) is 2.03. The van der Waals surface area contributed by atoms with Crippen molar-refractivity contribution in [3.05, 3.63) is 29.3 Å². The number of benzene rings is 1. The van der Waals surface area contributed by atoms with Crippen molar-refractivity contribution in [2.75, 3.05) is 6.54 Å². The van der Waals surface area contributed by atoms with Crippen molar-refractivity contribution in [1.82, 2.24) is 4.72 Å². The number of rotatable bonds is 6. The van der Waals surface area contributed by atoms with E-state index in [1.165, 1.54) is 0 Å². The van der Waals surface area contributed by atoms with Crippen molar-refractivity contribution in [3.63, 3.8) is 0 Å². The van der Waals surface area contributed by atoms with Crippen LogP contribution in [0.25, 0.3) is 0 Å². The Hall–Kier alpha value is -0.910. The second-order valence-electron chi connectivity index (χ2n) is 6.23. The van der Waals surface area contributed by atoms with Crippen LogP contribution in [-0.4, -0.2) is 15.0 Å². The molecule has 2 rings (SSSR count). The minimum absolute atomic E-state index is 0.275. The summed E-state index contributed by atoms with van der Waals surface area (Å²) in [5, 5.41) is 0. The first-order valence-corrected chi connectivity index (χ1v) is 8.60. The van der Waals surface area contributed by atoms with Crippen LogP contribution in [0.1, 0.15) is 38.3 Å². The summed E-state index contributed by atoms with van der Waals surface area (Å²) < 4.78 is 27.3. The molecule has 1 aliphatic rings. The van der Waals surface area contributed by atoms with Crippen LogP contribution in [0.15, 0.2) is 23.1 Å². The SMILES string of the molecule is CCc1ccc(S(=O)(=O)NCC2CC2(C)C)cc1CN. The lowest BCUT2D eigenvalue weighted by Gasteiger charge is -2.11. The molecule has 1 aliphatic carbocycles. The van der Waals surface area contributed by atoms with Gasteiger partial charge in [0.15, 0.2) is 0 Å². The number of sulfonamides is 1. The van der Waals surface area contributed by atoms with Crippen molar-refractivity contribution >= 4 is 10.0 Å². The largest absolute Gasteiger partial charge is 0.326 e. The highest BCUT2D eigenvalue weighted by atomic mass is 32.2. The third kappa shape index (κ3) is 3.22. The highest BCUT2D eigenvalue weighted by Crippen LogP contribution is 2.51. The van der Waals surface area contributed by atoms with E-state index in [4.69, 9.17) is 5.73 Å². The third-order valence-corrected chi connectivity index (χ3v) is 5.75. The van der Waals surface area contributed by atoms with Gasteiger partial charge in [-0.15, -0.1) is 0 Å². The molecule has 20 heavy (non-hydrogen) atoms. The molecule has 0 saturated heterocycles. The van der Waals surface area contributed by atoms with E-state index in [0.717, 1.165) is 24.0 Å². The van der Waals surface area contributed by atoms with Gasteiger partial charge in [-0.1, -0.05) is 26.8 Å². The molecule has 5 heteroatoms. The van der Waals surface area contributed by atoms with Crippen molar-refractivity contribution in [1.29, 1.82) is 0 Å². The molecule has 0 amide bonds. The van der Waals surface area contributed by atoms with Crippen molar-refractivity contribution in [3.8, 4) is 0 Å². The Bertz CT molecular complexity index is 594. The van der Waals surface area contributed by atoms with Gasteiger partial charge in [0.1, 0.15) is 0 Å². The molecule has 112 valence electrons. The van der Waals surface area contributed by atoms with Crippen molar-refractivity contribution in [2.45, 2.75) is 45.1 Å². The first-order valence-electron chi connectivity index (χ1n) is 7.11. The van der Waals surface area contributed by atoms with Gasteiger partial charge < -0.3 is 5.73 Å². The molecule has 3 N–H and O–H groups in total. The maximum Gasteiger partial charge on any atom is 0.240 e. The summed E-state index contributed by atoms with van der Waals surface area (Å²) in [6, 6.07) is 5.22. The van der Waals surface area contributed by atoms with Gasteiger partial charge in [0.05, 0.1) is 4.90 Å². The molecule has 1 aromatic rings. The maximum absolute atomic E-state index is 12.3. The highest BCUT2D eigenvalue weighted by Gasteiger charge is 2.45. The van der Waals surface area contributed by atoms with E-state index < -0.39 is 10.0 Å². The van der Waals surface area contributed by atoms with Gasteiger partial charge in [0, 0.05) is 13.1 Å². The number of hydrogen-bond acceptors (Lipinski definition) is 3. The minimum atomic E-state index is -3.43. The Kier molecular flexibility index (Phi) is 4.23. The third-order valence-electron chi connectivity index (χ3n) is 4.33. The summed E-state index contributed by atoms with van der Waals surface area (Å²) in [7, 11) is -3.43. The van der Waals surface area contributed by atoms with Gasteiger partial charge in [-0.25, -0.2) is 13.1 Å². The quantitative estimate of drug-likeness (QED) is 0.843. The molecule has 1 atom stereocenters. The summed E-state index contributed by atoms with van der Waals surface area (Å²) in [6.45, 7) is 7.24. The van der Waals surface area contributed by atoms with E-state index >= 15 is 0 Å². The summed E-state index contributed by atoms with van der Waals surface area (Å²) in [5.41, 5.74) is 7.98. The zero-order chi connectivity index (χ0) is 15.0. The molecule has 1 aromatic carbocycles. The van der Waals surface area contributed by atoms with Crippen molar-refractivity contribution in [2.24, 2.45) is 17.1 Å². The zero-order valence-corrected chi connectivity index (χ0v) is 13.3. The van der Waals surface area contributed by atoms with Crippen LogP contribution in [0.3, 0.4) is 0 Å². The molecular weight excluding hydrogens is 272 g/mol. The summed E-state index contributed by atoms with van der Waals surface area (Å²) in [4.78, 5) is 0.314. The minimum Gasteiger partial charge on any atom is -0.326 e. The smallest absolute Gasteiger partial charge is 0.240 e. The van der Waals surface area contributed by atoms with Crippen LogP contribution in [-0.2, 0) is 23.0 Å². The number of nitrogens with two attached hydrogens (primary N) is 1. The fourth-order valence-electron chi connectivity index (χ4n) is 2.52. The fraction of sp³-hybridized carbons (Fsp3) is 0.600. The second-order valence-corrected chi connectivity index (χ2v) is 8.00. The lowest BCUT2D eigenvalue weighted by molar-refractivity contribution is 0.537. The molecule has 0 bridgehead atoms. The summed E-state index contributed by atoms with van der Waals surface area (Å²) in [6.07, 6.45) is 1.94. The molecule has 4 nitrogen and oxygen atoms in total. The van der Waals surface area contributed by atoms with Crippen LogP contribution in [0, 0.1) is 11.3 Å². The van der Waals surface area contributed by atoms with Crippen LogP contribution in [0.2, 0.25) is 0 Å². The molecular formula is C15H24N2O2S. The van der Waals surface area contributed by atoms with Gasteiger partial charge in [0.25, 0.3) is 0 Å². The Balaban J connectivity index is 2.13. The average Bonchev–Trinajstić information content (AvgIpc) is 3.03. The molecule has 0 radical (unpaired) electrons. The Labute approximate surface area is 121 Å². The van der Waals surface area contributed by atoms with Gasteiger partial charge in [-0.05, 0) is 47.4 Å². The average molecular weight is 296 g/mol. The standard InChI is InChI=1S/C15H24N2O2S/c1-4-11-5-6-14(7-12(11)9-16)20(18,19)17-10-13-8-15(13,2)3/h5-7,13,17H,4,8-10,16H2,1-3H3. The first-order chi connectivity index (χ1) is 9.30. The summed E-state index contributed by atoms with van der Waals surface area (Å²) >= 11 is 0. The molecule has 0 aromatic heterocycles. The van der Waals surface area contributed by atoms with Gasteiger partial charge in [0.2, 0.25) is 10.0 Å². The highest BCUT2D eigenvalue weighted by molar-refractivity contribution is 7.89. The van der Waals surface area contributed by atoms with Crippen LogP contribution in [0.5, 0.6) is 0 Å². The molecule has 0 aliphatic heterocycles. The van der Waals surface area contributed by atoms with E-state index in [1.807, 2.05) is 13.0 Å². The molecule has 1 fully saturated rings. The lowest BCUT2D eigenvalue weighted by Crippen LogP contribution is -2.27. The van der Waals surface area contributed by atoms with Crippen LogP contribution < -0.4 is 10.5 Å². The van der Waals surface area contributed by atoms with E-state index in [0.29, 0.717) is 23.9 Å². The topological polar surface area (TPSA) is 72.2 Å². The van der Waals surface area contributed by atoms with Crippen LogP contribution in [0.4, 0.5) is 0 Å². The predicted molar refractivity (Wildman–Crippen MR) is 80.8 cm³/mol. The molecule has 0 spiro atoms. The zero-order valence-electron chi connectivity index (χ0n) is 12.4. The fourth-order valence-corrected chi connectivity index (χ4v) is 3.65.